The third-order valence-electron chi connectivity index (χ3n) is 2.20. The van der Waals surface area contributed by atoms with E-state index >= 15 is 0 Å². The Kier molecular flexibility index (Phi) is 2.27. The average molecular weight is 204 g/mol. The Bertz CT molecular complexity index is 519. The molecule has 4 heteroatoms. The fraction of sp³-hybridized carbons (Fsp3) is 0. The molecule has 0 bridgehead atoms. The lowest BCUT2D eigenvalue weighted by Gasteiger charge is -2.06. The molecule has 0 aliphatic rings. The molecule has 76 valence electrons. The Balaban J connectivity index is 2.81. The van der Waals surface area contributed by atoms with E-state index in [1.807, 2.05) is 12.1 Å². The number of rotatable bonds is 2. The van der Waals surface area contributed by atoms with Gasteiger partial charge in [0, 0.05) is 5.39 Å². The molecule has 0 aromatic heterocycles. The molecule has 0 radical (unpaired) electrons. The van der Waals surface area contributed by atoms with E-state index in [1.54, 1.807) is 18.2 Å². The van der Waals surface area contributed by atoms with Gasteiger partial charge in [0.05, 0.1) is 0 Å². The van der Waals surface area contributed by atoms with Crippen LogP contribution in [0.5, 0.6) is 5.75 Å². The van der Waals surface area contributed by atoms with E-state index in [4.69, 9.17) is 10.4 Å². The van der Waals surface area contributed by atoms with Crippen molar-refractivity contribution in [2.45, 2.75) is 0 Å². The van der Waals surface area contributed by atoms with Gasteiger partial charge in [0.2, 0.25) is 0 Å². The largest absolute Gasteiger partial charge is 0.478 e. The Morgan fingerprint density at radius 1 is 1.13 bits per heavy atom. The fourth-order valence-corrected chi connectivity index (χ4v) is 1.51. The van der Waals surface area contributed by atoms with Crippen molar-refractivity contribution >= 4 is 16.7 Å². The molecule has 0 amide bonds. The predicted octanol–water partition coefficient (Wildman–Crippen LogP) is 2.39. The SMILES string of the molecule is O=C(O)c1ccc2ccccc2c1OO. The zero-order valence-corrected chi connectivity index (χ0v) is 7.68. The number of carboxylic acids is 1. The summed E-state index contributed by atoms with van der Waals surface area (Å²) in [5, 5.41) is 18.9. The van der Waals surface area contributed by atoms with Crippen LogP contribution in [0, 0.1) is 0 Å². The molecular weight excluding hydrogens is 196 g/mol. The highest BCUT2D eigenvalue weighted by atomic mass is 17.1. The third kappa shape index (κ3) is 1.51. The first-order valence-corrected chi connectivity index (χ1v) is 4.30. The first kappa shape index (κ1) is 9.48. The quantitative estimate of drug-likeness (QED) is 0.582. The molecular formula is C11H8O4. The van der Waals surface area contributed by atoms with E-state index in [0.717, 1.165) is 5.39 Å². The van der Waals surface area contributed by atoms with Crippen LogP contribution < -0.4 is 4.89 Å². The Morgan fingerprint density at radius 2 is 1.87 bits per heavy atom. The number of hydrogen-bond acceptors (Lipinski definition) is 3. The third-order valence-corrected chi connectivity index (χ3v) is 2.20. The van der Waals surface area contributed by atoms with Gasteiger partial charge in [-0.2, -0.15) is 0 Å². The summed E-state index contributed by atoms with van der Waals surface area (Å²) in [6, 6.07) is 10.1. The van der Waals surface area contributed by atoms with Gasteiger partial charge in [0.1, 0.15) is 5.56 Å². The molecule has 0 aliphatic carbocycles. The first-order chi connectivity index (χ1) is 7.24. The van der Waals surface area contributed by atoms with Gasteiger partial charge in [-0.3, -0.25) is 0 Å². The molecule has 15 heavy (non-hydrogen) atoms. The highest BCUT2D eigenvalue weighted by Crippen LogP contribution is 2.29. The van der Waals surface area contributed by atoms with Gasteiger partial charge < -0.3 is 9.99 Å². The zero-order chi connectivity index (χ0) is 10.8. The molecule has 2 N–H and O–H groups in total. The van der Waals surface area contributed by atoms with E-state index in [0.29, 0.717) is 5.39 Å². The lowest BCUT2D eigenvalue weighted by atomic mass is 10.1. The number of fused-ring (bicyclic) bond motifs is 1. The van der Waals surface area contributed by atoms with Crippen molar-refractivity contribution in [1.29, 1.82) is 0 Å². The Hall–Kier alpha value is -2.07. The summed E-state index contributed by atoms with van der Waals surface area (Å²) in [5.74, 6) is -1.16. The van der Waals surface area contributed by atoms with Crippen LogP contribution in [0.4, 0.5) is 0 Å². The molecule has 0 aliphatic heterocycles. The second kappa shape index (κ2) is 3.59. The summed E-state index contributed by atoms with van der Waals surface area (Å²) in [7, 11) is 0. The minimum absolute atomic E-state index is 0.0272. The van der Waals surface area contributed by atoms with Crippen LogP contribution in [0.3, 0.4) is 0 Å². The second-order valence-electron chi connectivity index (χ2n) is 3.06. The molecule has 0 unspecified atom stereocenters. The standard InChI is InChI=1S/C11H8O4/c12-11(13)9-6-5-7-3-1-2-4-8(7)10(9)15-14/h1-6,14H,(H,12,13). The number of aromatic carboxylic acids is 1. The van der Waals surface area contributed by atoms with Crippen molar-refractivity contribution in [2.75, 3.05) is 0 Å². The predicted molar refractivity (Wildman–Crippen MR) is 54.2 cm³/mol. The smallest absolute Gasteiger partial charge is 0.339 e. The minimum Gasteiger partial charge on any atom is -0.478 e. The molecule has 0 saturated heterocycles. The van der Waals surface area contributed by atoms with Gasteiger partial charge in [-0.05, 0) is 11.5 Å². The summed E-state index contributed by atoms with van der Waals surface area (Å²) in [6.45, 7) is 0. The number of carboxylic acid groups (broad SMARTS) is 1. The fourth-order valence-electron chi connectivity index (χ4n) is 1.51. The maximum Gasteiger partial charge on any atom is 0.339 e. The highest BCUT2D eigenvalue weighted by Gasteiger charge is 2.14. The monoisotopic (exact) mass is 204 g/mol. The molecule has 0 atom stereocenters. The van der Waals surface area contributed by atoms with Crippen molar-refractivity contribution < 1.29 is 20.0 Å². The molecule has 2 rings (SSSR count). The molecule has 0 heterocycles. The summed E-state index contributed by atoms with van der Waals surface area (Å²) < 4.78 is 0. The van der Waals surface area contributed by atoms with Crippen molar-refractivity contribution in [3.8, 4) is 5.75 Å². The summed E-state index contributed by atoms with van der Waals surface area (Å²) in [5.41, 5.74) is -0.0591. The van der Waals surface area contributed by atoms with Gasteiger partial charge in [-0.1, -0.05) is 30.3 Å². The maximum absolute atomic E-state index is 10.8. The lowest BCUT2D eigenvalue weighted by Crippen LogP contribution is -2.00. The second-order valence-corrected chi connectivity index (χ2v) is 3.06. The van der Waals surface area contributed by atoms with Crippen molar-refractivity contribution in [3.05, 3.63) is 42.0 Å². The normalized spacial score (nSPS) is 10.2. The van der Waals surface area contributed by atoms with Crippen molar-refractivity contribution in [3.63, 3.8) is 0 Å². The van der Waals surface area contributed by atoms with Gasteiger partial charge >= 0.3 is 5.97 Å². The summed E-state index contributed by atoms with van der Waals surface area (Å²) >= 11 is 0. The van der Waals surface area contributed by atoms with Crippen LogP contribution >= 0.6 is 0 Å². The van der Waals surface area contributed by atoms with E-state index < -0.39 is 5.97 Å². The first-order valence-electron chi connectivity index (χ1n) is 4.30. The number of hydrogen-bond donors (Lipinski definition) is 2. The zero-order valence-electron chi connectivity index (χ0n) is 7.68. The molecule has 0 spiro atoms. The van der Waals surface area contributed by atoms with Crippen LogP contribution in [-0.4, -0.2) is 16.3 Å². The molecule has 0 fully saturated rings. The summed E-state index contributed by atoms with van der Waals surface area (Å²) in [4.78, 5) is 15.0. The minimum atomic E-state index is -1.13. The van der Waals surface area contributed by atoms with Crippen molar-refractivity contribution in [2.24, 2.45) is 0 Å². The molecule has 0 saturated carbocycles. The lowest BCUT2D eigenvalue weighted by molar-refractivity contribution is -0.136. The summed E-state index contributed by atoms with van der Waals surface area (Å²) in [6.07, 6.45) is 0. The van der Waals surface area contributed by atoms with Crippen molar-refractivity contribution in [1.82, 2.24) is 0 Å². The van der Waals surface area contributed by atoms with Gasteiger partial charge in [0.25, 0.3) is 0 Å². The average Bonchev–Trinajstić information content (AvgIpc) is 2.27. The van der Waals surface area contributed by atoms with Crippen LogP contribution in [0.2, 0.25) is 0 Å². The van der Waals surface area contributed by atoms with Crippen LogP contribution in [-0.2, 0) is 0 Å². The van der Waals surface area contributed by atoms with Crippen LogP contribution in [0.25, 0.3) is 10.8 Å². The van der Waals surface area contributed by atoms with E-state index in [2.05, 4.69) is 4.89 Å². The van der Waals surface area contributed by atoms with Crippen LogP contribution in [0.1, 0.15) is 10.4 Å². The topological polar surface area (TPSA) is 66.8 Å². The van der Waals surface area contributed by atoms with Crippen LogP contribution in [0.15, 0.2) is 36.4 Å². The van der Waals surface area contributed by atoms with E-state index in [1.165, 1.54) is 6.07 Å². The Morgan fingerprint density at radius 3 is 2.53 bits per heavy atom. The number of benzene rings is 2. The van der Waals surface area contributed by atoms with Gasteiger partial charge in [-0.15, -0.1) is 0 Å². The molecule has 2 aromatic rings. The van der Waals surface area contributed by atoms with E-state index in [-0.39, 0.29) is 11.3 Å². The van der Waals surface area contributed by atoms with Gasteiger partial charge in [-0.25, -0.2) is 10.1 Å². The highest BCUT2D eigenvalue weighted by molar-refractivity contribution is 6.00. The molecule has 4 nitrogen and oxygen atoms in total. The van der Waals surface area contributed by atoms with E-state index in [9.17, 15) is 4.79 Å². The van der Waals surface area contributed by atoms with Gasteiger partial charge in [0.15, 0.2) is 5.75 Å². The maximum atomic E-state index is 10.8. The number of carbonyl (C=O) groups is 1. The Labute approximate surface area is 85.3 Å². The molecule has 2 aromatic carbocycles.